The molecule has 1 aromatic heterocycles. The maximum absolute atomic E-state index is 11.8. The molecule has 2 rings (SSSR count). The molecule has 0 saturated carbocycles. The van der Waals surface area contributed by atoms with Crippen molar-refractivity contribution in [3.05, 3.63) is 10.4 Å². The number of rotatable bonds is 5. The fourth-order valence-electron chi connectivity index (χ4n) is 2.22. The summed E-state index contributed by atoms with van der Waals surface area (Å²) in [5.41, 5.74) is 6.13. The van der Waals surface area contributed by atoms with E-state index in [0.717, 1.165) is 44.8 Å². The van der Waals surface area contributed by atoms with Gasteiger partial charge in [-0.15, -0.1) is 0 Å². The molecule has 0 atom stereocenters. The van der Waals surface area contributed by atoms with Crippen LogP contribution < -0.4 is 16.6 Å². The molecule has 0 saturated heterocycles. The molecule has 6 nitrogen and oxygen atoms in total. The summed E-state index contributed by atoms with van der Waals surface area (Å²) < 4.78 is 3.69. The maximum Gasteiger partial charge on any atom is 0.292 e. The molecule has 1 aliphatic heterocycles. The summed E-state index contributed by atoms with van der Waals surface area (Å²) in [6.07, 6.45) is 2.05. The molecule has 96 valence electrons. The van der Waals surface area contributed by atoms with E-state index in [1.54, 1.807) is 4.68 Å². The average Bonchev–Trinajstić information content (AvgIpc) is 2.82. The molecule has 0 bridgehead atoms. The van der Waals surface area contributed by atoms with Crippen LogP contribution in [0.5, 0.6) is 0 Å². The summed E-state index contributed by atoms with van der Waals surface area (Å²) in [5.74, 6) is 0.797. The standard InChI is InChI=1S/C11H21N5O/c1-14(2)6-3-5-13-10-9(12)11(17)16-8-4-7-15(10)16/h13H,3-8,12H2,1-2H3. The van der Waals surface area contributed by atoms with Crippen molar-refractivity contribution < 1.29 is 0 Å². The Kier molecular flexibility index (Phi) is 3.42. The molecule has 1 aromatic rings. The van der Waals surface area contributed by atoms with Crippen LogP contribution in [-0.2, 0) is 13.1 Å². The van der Waals surface area contributed by atoms with Gasteiger partial charge in [-0.3, -0.25) is 9.48 Å². The number of hydrogen-bond donors (Lipinski definition) is 2. The van der Waals surface area contributed by atoms with Gasteiger partial charge < -0.3 is 16.0 Å². The molecule has 0 aliphatic carbocycles. The first-order chi connectivity index (χ1) is 8.11. The van der Waals surface area contributed by atoms with Gasteiger partial charge in [0.15, 0.2) is 0 Å². The molecular weight excluding hydrogens is 218 g/mol. The van der Waals surface area contributed by atoms with Gasteiger partial charge in [-0.05, 0) is 33.5 Å². The van der Waals surface area contributed by atoms with Gasteiger partial charge in [0.2, 0.25) is 0 Å². The third-order valence-electron chi connectivity index (χ3n) is 3.08. The Balaban J connectivity index is 2.02. The molecule has 17 heavy (non-hydrogen) atoms. The number of nitrogens with one attached hydrogen (secondary N) is 1. The van der Waals surface area contributed by atoms with Gasteiger partial charge >= 0.3 is 0 Å². The van der Waals surface area contributed by atoms with Gasteiger partial charge in [-0.2, -0.15) is 0 Å². The Morgan fingerprint density at radius 2 is 2.06 bits per heavy atom. The van der Waals surface area contributed by atoms with E-state index in [-0.39, 0.29) is 5.56 Å². The first kappa shape index (κ1) is 12.0. The van der Waals surface area contributed by atoms with Crippen molar-refractivity contribution >= 4 is 11.5 Å². The van der Waals surface area contributed by atoms with Crippen LogP contribution in [0.3, 0.4) is 0 Å². The van der Waals surface area contributed by atoms with Crippen molar-refractivity contribution in [2.24, 2.45) is 0 Å². The summed E-state index contributed by atoms with van der Waals surface area (Å²) in [6.45, 7) is 3.52. The van der Waals surface area contributed by atoms with Crippen LogP contribution in [0.2, 0.25) is 0 Å². The molecule has 0 fully saturated rings. The van der Waals surface area contributed by atoms with Crippen LogP contribution in [0.4, 0.5) is 11.5 Å². The largest absolute Gasteiger partial charge is 0.391 e. The minimum Gasteiger partial charge on any atom is -0.391 e. The number of aromatic nitrogens is 2. The monoisotopic (exact) mass is 239 g/mol. The number of hydrogen-bond acceptors (Lipinski definition) is 4. The quantitative estimate of drug-likeness (QED) is 0.710. The zero-order valence-corrected chi connectivity index (χ0v) is 10.6. The van der Waals surface area contributed by atoms with Crippen molar-refractivity contribution in [1.82, 2.24) is 14.3 Å². The molecular formula is C11H21N5O. The third-order valence-corrected chi connectivity index (χ3v) is 3.08. The smallest absolute Gasteiger partial charge is 0.292 e. The fourth-order valence-corrected chi connectivity index (χ4v) is 2.22. The van der Waals surface area contributed by atoms with E-state index in [4.69, 9.17) is 5.73 Å². The Labute approximate surface area is 101 Å². The molecule has 1 aliphatic rings. The van der Waals surface area contributed by atoms with E-state index in [9.17, 15) is 4.79 Å². The highest BCUT2D eigenvalue weighted by molar-refractivity contribution is 5.61. The van der Waals surface area contributed by atoms with Crippen LogP contribution in [0.15, 0.2) is 4.79 Å². The molecule has 0 spiro atoms. The predicted octanol–water partition coefficient (Wildman–Crippen LogP) is -0.000700. The first-order valence-electron chi connectivity index (χ1n) is 6.09. The number of anilines is 2. The van der Waals surface area contributed by atoms with Crippen LogP contribution in [0, 0.1) is 0 Å². The van der Waals surface area contributed by atoms with Crippen LogP contribution in [0.1, 0.15) is 12.8 Å². The predicted molar refractivity (Wildman–Crippen MR) is 69.4 cm³/mol. The second-order valence-electron chi connectivity index (χ2n) is 4.75. The minimum absolute atomic E-state index is 0.0578. The number of nitrogen functional groups attached to an aromatic ring is 1. The minimum atomic E-state index is -0.0578. The number of nitrogens with zero attached hydrogens (tertiary/aromatic N) is 3. The highest BCUT2D eigenvalue weighted by Crippen LogP contribution is 2.19. The van der Waals surface area contributed by atoms with Crippen molar-refractivity contribution in [2.45, 2.75) is 25.9 Å². The van der Waals surface area contributed by atoms with Crippen molar-refractivity contribution in [1.29, 1.82) is 0 Å². The van der Waals surface area contributed by atoms with Gasteiger partial charge in [-0.25, -0.2) is 4.68 Å². The van der Waals surface area contributed by atoms with E-state index in [1.165, 1.54) is 0 Å². The highest BCUT2D eigenvalue weighted by atomic mass is 16.1. The fraction of sp³-hybridized carbons (Fsp3) is 0.727. The van der Waals surface area contributed by atoms with Gasteiger partial charge in [-0.1, -0.05) is 0 Å². The zero-order chi connectivity index (χ0) is 12.4. The van der Waals surface area contributed by atoms with Crippen LogP contribution in [-0.4, -0.2) is 41.4 Å². The highest BCUT2D eigenvalue weighted by Gasteiger charge is 2.20. The SMILES string of the molecule is CN(C)CCCNc1c(N)c(=O)n2n1CCC2. The van der Waals surface area contributed by atoms with Gasteiger partial charge in [0, 0.05) is 19.6 Å². The van der Waals surface area contributed by atoms with E-state index in [2.05, 4.69) is 24.3 Å². The number of fused-ring (bicyclic) bond motifs is 1. The lowest BCUT2D eigenvalue weighted by molar-refractivity contribution is 0.405. The zero-order valence-electron chi connectivity index (χ0n) is 10.6. The van der Waals surface area contributed by atoms with E-state index in [1.807, 2.05) is 4.68 Å². The lowest BCUT2D eigenvalue weighted by Crippen LogP contribution is -2.18. The summed E-state index contributed by atoms with van der Waals surface area (Å²) in [5, 5.41) is 3.28. The molecule has 6 heteroatoms. The molecule has 0 unspecified atom stereocenters. The molecule has 2 heterocycles. The normalized spacial score (nSPS) is 14.3. The van der Waals surface area contributed by atoms with Gasteiger partial charge in [0.1, 0.15) is 11.5 Å². The summed E-state index contributed by atoms with van der Waals surface area (Å²) in [4.78, 5) is 13.9. The summed E-state index contributed by atoms with van der Waals surface area (Å²) in [6, 6.07) is 0. The molecule has 0 radical (unpaired) electrons. The van der Waals surface area contributed by atoms with E-state index >= 15 is 0 Å². The first-order valence-corrected chi connectivity index (χ1v) is 6.09. The Hall–Kier alpha value is -1.43. The molecule has 0 aromatic carbocycles. The van der Waals surface area contributed by atoms with Crippen molar-refractivity contribution in [3.8, 4) is 0 Å². The van der Waals surface area contributed by atoms with E-state index < -0.39 is 0 Å². The van der Waals surface area contributed by atoms with Gasteiger partial charge in [0.05, 0.1) is 0 Å². The average molecular weight is 239 g/mol. The maximum atomic E-state index is 11.8. The Morgan fingerprint density at radius 3 is 2.76 bits per heavy atom. The van der Waals surface area contributed by atoms with Crippen molar-refractivity contribution in [2.75, 3.05) is 38.2 Å². The summed E-state index contributed by atoms with van der Waals surface area (Å²) >= 11 is 0. The molecule has 3 N–H and O–H groups in total. The summed E-state index contributed by atoms with van der Waals surface area (Å²) in [7, 11) is 4.10. The van der Waals surface area contributed by atoms with Gasteiger partial charge in [0.25, 0.3) is 5.56 Å². The second kappa shape index (κ2) is 4.83. The van der Waals surface area contributed by atoms with Crippen molar-refractivity contribution in [3.63, 3.8) is 0 Å². The second-order valence-corrected chi connectivity index (χ2v) is 4.75. The lowest BCUT2D eigenvalue weighted by atomic mass is 10.4. The Bertz CT molecular complexity index is 445. The lowest BCUT2D eigenvalue weighted by Gasteiger charge is -2.12. The number of nitrogens with two attached hydrogens (primary N) is 1. The van der Waals surface area contributed by atoms with Crippen LogP contribution >= 0.6 is 0 Å². The Morgan fingerprint density at radius 1 is 1.35 bits per heavy atom. The topological polar surface area (TPSA) is 68.2 Å². The molecule has 0 amide bonds. The van der Waals surface area contributed by atoms with E-state index in [0.29, 0.717) is 5.69 Å². The third kappa shape index (κ3) is 2.31. The van der Waals surface area contributed by atoms with Crippen LogP contribution in [0.25, 0.3) is 0 Å².